The van der Waals surface area contributed by atoms with Gasteiger partial charge in [-0.3, -0.25) is 0 Å². The Balaban J connectivity index is 1.87. The molecule has 0 fully saturated rings. The summed E-state index contributed by atoms with van der Waals surface area (Å²) in [6, 6.07) is 4.66. The van der Waals surface area contributed by atoms with Crippen molar-refractivity contribution in [3.05, 3.63) is 17.7 Å². The average molecular weight is 234 g/mol. The molecule has 0 saturated carbocycles. The van der Waals surface area contributed by atoms with E-state index in [1.165, 1.54) is 11.3 Å². The second-order valence-electron chi connectivity index (χ2n) is 4.61. The second-order valence-corrected chi connectivity index (χ2v) is 4.61. The van der Waals surface area contributed by atoms with Crippen molar-refractivity contribution in [2.24, 2.45) is 5.73 Å². The highest BCUT2D eigenvalue weighted by molar-refractivity contribution is 5.62. The molecule has 0 bridgehead atoms. The minimum atomic E-state index is 0.495. The standard InChI is InChI=1S/C13H18N2O2/c14-4-3-10-2-1-9-7-12-13(8-11(9)15-10)17-6-5-16-12/h7-8,10,15H,1-6,14H2. The highest BCUT2D eigenvalue weighted by atomic mass is 16.6. The summed E-state index contributed by atoms with van der Waals surface area (Å²) in [7, 11) is 0. The maximum Gasteiger partial charge on any atom is 0.163 e. The Labute approximate surface area is 101 Å². The van der Waals surface area contributed by atoms with Gasteiger partial charge in [-0.25, -0.2) is 0 Å². The van der Waals surface area contributed by atoms with Crippen LogP contribution in [-0.4, -0.2) is 25.8 Å². The van der Waals surface area contributed by atoms with Gasteiger partial charge in [0, 0.05) is 17.8 Å². The largest absolute Gasteiger partial charge is 0.486 e. The van der Waals surface area contributed by atoms with Gasteiger partial charge in [0.15, 0.2) is 11.5 Å². The Hall–Kier alpha value is -1.42. The van der Waals surface area contributed by atoms with E-state index in [2.05, 4.69) is 17.4 Å². The lowest BCUT2D eigenvalue weighted by Crippen LogP contribution is -2.28. The van der Waals surface area contributed by atoms with Crippen LogP contribution in [0.1, 0.15) is 18.4 Å². The summed E-state index contributed by atoms with van der Waals surface area (Å²) in [5.41, 5.74) is 8.11. The van der Waals surface area contributed by atoms with E-state index >= 15 is 0 Å². The van der Waals surface area contributed by atoms with Gasteiger partial charge in [-0.05, 0) is 37.4 Å². The number of rotatable bonds is 2. The molecule has 1 aromatic rings. The van der Waals surface area contributed by atoms with Gasteiger partial charge >= 0.3 is 0 Å². The van der Waals surface area contributed by atoms with Crippen molar-refractivity contribution in [1.29, 1.82) is 0 Å². The second kappa shape index (κ2) is 4.45. The van der Waals surface area contributed by atoms with Crippen LogP contribution in [0.15, 0.2) is 12.1 Å². The Morgan fingerprint density at radius 1 is 1.24 bits per heavy atom. The highest BCUT2D eigenvalue weighted by Crippen LogP contribution is 2.38. The van der Waals surface area contributed by atoms with E-state index < -0.39 is 0 Å². The molecule has 4 nitrogen and oxygen atoms in total. The molecule has 0 amide bonds. The Morgan fingerprint density at radius 3 is 2.76 bits per heavy atom. The number of fused-ring (bicyclic) bond motifs is 2. The van der Waals surface area contributed by atoms with Crippen LogP contribution >= 0.6 is 0 Å². The zero-order valence-corrected chi connectivity index (χ0v) is 9.87. The Bertz CT molecular complexity index is 420. The number of nitrogens with one attached hydrogen (secondary N) is 1. The van der Waals surface area contributed by atoms with Crippen LogP contribution in [-0.2, 0) is 6.42 Å². The molecule has 3 N–H and O–H groups in total. The van der Waals surface area contributed by atoms with Gasteiger partial charge < -0.3 is 20.5 Å². The van der Waals surface area contributed by atoms with Gasteiger partial charge in [0.2, 0.25) is 0 Å². The molecule has 0 spiro atoms. The van der Waals surface area contributed by atoms with Gasteiger partial charge in [-0.15, -0.1) is 0 Å². The van der Waals surface area contributed by atoms with Gasteiger partial charge in [-0.2, -0.15) is 0 Å². The van der Waals surface area contributed by atoms with Crippen molar-refractivity contribution in [1.82, 2.24) is 0 Å². The van der Waals surface area contributed by atoms with E-state index in [0.29, 0.717) is 19.3 Å². The monoisotopic (exact) mass is 234 g/mol. The van der Waals surface area contributed by atoms with Crippen molar-refractivity contribution < 1.29 is 9.47 Å². The van der Waals surface area contributed by atoms with E-state index in [4.69, 9.17) is 15.2 Å². The van der Waals surface area contributed by atoms with Gasteiger partial charge in [0.05, 0.1) is 0 Å². The summed E-state index contributed by atoms with van der Waals surface area (Å²) in [5, 5.41) is 3.53. The quantitative estimate of drug-likeness (QED) is 0.815. The lowest BCUT2D eigenvalue weighted by Gasteiger charge is -2.29. The number of nitrogens with two attached hydrogens (primary N) is 1. The molecule has 2 aliphatic rings. The number of aryl methyl sites for hydroxylation is 1. The summed E-state index contributed by atoms with van der Waals surface area (Å²) >= 11 is 0. The van der Waals surface area contributed by atoms with Crippen LogP contribution < -0.4 is 20.5 Å². The number of hydrogen-bond acceptors (Lipinski definition) is 4. The van der Waals surface area contributed by atoms with Crippen molar-refractivity contribution in [3.63, 3.8) is 0 Å². The number of ether oxygens (including phenoxy) is 2. The molecule has 0 saturated heterocycles. The lowest BCUT2D eigenvalue weighted by atomic mass is 9.96. The third-order valence-corrected chi connectivity index (χ3v) is 3.40. The van der Waals surface area contributed by atoms with Crippen molar-refractivity contribution in [2.75, 3.05) is 25.1 Å². The fraction of sp³-hybridized carbons (Fsp3) is 0.538. The summed E-state index contributed by atoms with van der Waals surface area (Å²) in [6.45, 7) is 2.02. The molecular weight excluding hydrogens is 216 g/mol. The summed E-state index contributed by atoms with van der Waals surface area (Å²) < 4.78 is 11.2. The minimum absolute atomic E-state index is 0.495. The Morgan fingerprint density at radius 2 is 2.00 bits per heavy atom. The zero-order valence-electron chi connectivity index (χ0n) is 9.87. The molecular formula is C13H18N2O2. The number of benzene rings is 1. The third kappa shape index (κ3) is 2.05. The zero-order chi connectivity index (χ0) is 11.7. The van der Waals surface area contributed by atoms with Crippen LogP contribution in [0.3, 0.4) is 0 Å². The maximum atomic E-state index is 5.61. The van der Waals surface area contributed by atoms with Crippen LogP contribution in [0.4, 0.5) is 5.69 Å². The summed E-state index contributed by atoms with van der Waals surface area (Å²) in [6.07, 6.45) is 3.25. The number of anilines is 1. The van der Waals surface area contributed by atoms with E-state index in [0.717, 1.165) is 37.3 Å². The predicted octanol–water partition coefficient (Wildman–Crippen LogP) is 1.53. The molecule has 2 heterocycles. The van der Waals surface area contributed by atoms with Crippen molar-refractivity contribution in [3.8, 4) is 11.5 Å². The normalized spacial score (nSPS) is 21.6. The van der Waals surface area contributed by atoms with Crippen LogP contribution in [0.5, 0.6) is 11.5 Å². The molecule has 0 aliphatic carbocycles. The fourth-order valence-electron chi connectivity index (χ4n) is 2.51. The van der Waals surface area contributed by atoms with Crippen LogP contribution in [0, 0.1) is 0 Å². The first-order valence-electron chi connectivity index (χ1n) is 6.26. The van der Waals surface area contributed by atoms with Gasteiger partial charge in [0.25, 0.3) is 0 Å². The first-order valence-corrected chi connectivity index (χ1v) is 6.26. The predicted molar refractivity (Wildman–Crippen MR) is 66.8 cm³/mol. The average Bonchev–Trinajstić information content (AvgIpc) is 2.36. The molecule has 4 heteroatoms. The fourth-order valence-corrected chi connectivity index (χ4v) is 2.51. The molecule has 17 heavy (non-hydrogen) atoms. The molecule has 1 aromatic carbocycles. The molecule has 92 valence electrons. The van der Waals surface area contributed by atoms with Crippen LogP contribution in [0.25, 0.3) is 0 Å². The molecule has 1 unspecified atom stereocenters. The summed E-state index contributed by atoms with van der Waals surface area (Å²) in [5.74, 6) is 1.74. The molecule has 3 rings (SSSR count). The summed E-state index contributed by atoms with van der Waals surface area (Å²) in [4.78, 5) is 0. The van der Waals surface area contributed by atoms with E-state index in [9.17, 15) is 0 Å². The molecule has 2 aliphatic heterocycles. The van der Waals surface area contributed by atoms with E-state index in [1.54, 1.807) is 0 Å². The Kier molecular flexibility index (Phi) is 2.81. The van der Waals surface area contributed by atoms with Gasteiger partial charge in [0.1, 0.15) is 13.2 Å². The lowest BCUT2D eigenvalue weighted by molar-refractivity contribution is 0.171. The first-order chi connectivity index (χ1) is 8.36. The minimum Gasteiger partial charge on any atom is -0.486 e. The molecule has 0 aromatic heterocycles. The first kappa shape index (κ1) is 10.7. The van der Waals surface area contributed by atoms with Crippen LogP contribution in [0.2, 0.25) is 0 Å². The topological polar surface area (TPSA) is 56.5 Å². The van der Waals surface area contributed by atoms with Gasteiger partial charge in [-0.1, -0.05) is 0 Å². The SMILES string of the molecule is NCCC1CCc2cc3c(cc2N1)OCCO3. The third-order valence-electron chi connectivity index (χ3n) is 3.40. The van der Waals surface area contributed by atoms with Crippen molar-refractivity contribution >= 4 is 5.69 Å². The molecule has 0 radical (unpaired) electrons. The maximum absolute atomic E-state index is 5.61. The van der Waals surface area contributed by atoms with Crippen molar-refractivity contribution in [2.45, 2.75) is 25.3 Å². The number of hydrogen-bond donors (Lipinski definition) is 2. The highest BCUT2D eigenvalue weighted by Gasteiger charge is 2.21. The van der Waals surface area contributed by atoms with E-state index in [-0.39, 0.29) is 0 Å². The smallest absolute Gasteiger partial charge is 0.163 e. The van der Waals surface area contributed by atoms with E-state index in [1.807, 2.05) is 0 Å². The molecule has 1 atom stereocenters.